The Morgan fingerprint density at radius 1 is 1.39 bits per heavy atom. The highest BCUT2D eigenvalue weighted by molar-refractivity contribution is 6.33. The van der Waals surface area contributed by atoms with Crippen LogP contribution in [0.2, 0.25) is 5.02 Å². The molecular formula is C15H18ClN5O2. The van der Waals surface area contributed by atoms with Gasteiger partial charge in [0.05, 0.1) is 21.8 Å². The summed E-state index contributed by atoms with van der Waals surface area (Å²) >= 11 is 6.26. The standard InChI is InChI=1S/C15H18ClN5O2/c1-11-8-15(13(16)9-14(11)21(22)23)19-5-2-12(3-6-19)10-20-7-4-17-18-20/h4,7-9,12H,2-3,5-6,10H2,1H3. The van der Waals surface area contributed by atoms with Crippen LogP contribution in [0.1, 0.15) is 18.4 Å². The zero-order valence-corrected chi connectivity index (χ0v) is 13.6. The third-order valence-electron chi connectivity index (χ3n) is 4.33. The zero-order chi connectivity index (χ0) is 16.4. The summed E-state index contributed by atoms with van der Waals surface area (Å²) in [6.45, 7) is 4.39. The van der Waals surface area contributed by atoms with E-state index in [4.69, 9.17) is 11.6 Å². The van der Waals surface area contributed by atoms with E-state index in [0.717, 1.165) is 38.2 Å². The monoisotopic (exact) mass is 335 g/mol. The highest BCUT2D eigenvalue weighted by atomic mass is 35.5. The molecule has 0 atom stereocenters. The number of halogens is 1. The fourth-order valence-electron chi connectivity index (χ4n) is 3.05. The molecule has 0 amide bonds. The van der Waals surface area contributed by atoms with Crippen LogP contribution in [0.3, 0.4) is 0 Å². The number of nitro groups is 1. The number of nitro benzene ring substituents is 1. The van der Waals surface area contributed by atoms with Crippen molar-refractivity contribution in [2.75, 3.05) is 18.0 Å². The second-order valence-corrected chi connectivity index (χ2v) is 6.31. The molecule has 2 heterocycles. The summed E-state index contributed by atoms with van der Waals surface area (Å²) in [5.41, 5.74) is 1.59. The fraction of sp³-hybridized carbons (Fsp3) is 0.467. The van der Waals surface area contributed by atoms with Gasteiger partial charge in [-0.15, -0.1) is 5.10 Å². The molecule has 0 aliphatic carbocycles. The van der Waals surface area contributed by atoms with Gasteiger partial charge in [0.1, 0.15) is 0 Å². The summed E-state index contributed by atoms with van der Waals surface area (Å²) in [4.78, 5) is 12.8. The summed E-state index contributed by atoms with van der Waals surface area (Å²) < 4.78 is 1.86. The molecule has 23 heavy (non-hydrogen) atoms. The fourth-order valence-corrected chi connectivity index (χ4v) is 3.32. The zero-order valence-electron chi connectivity index (χ0n) is 12.9. The predicted octanol–water partition coefficient (Wildman–Crippen LogP) is 3.06. The van der Waals surface area contributed by atoms with E-state index in [2.05, 4.69) is 15.2 Å². The van der Waals surface area contributed by atoms with Crippen molar-refractivity contribution < 1.29 is 4.92 Å². The molecule has 0 bridgehead atoms. The van der Waals surface area contributed by atoms with Crippen molar-refractivity contribution in [3.8, 4) is 0 Å². The molecule has 1 fully saturated rings. The van der Waals surface area contributed by atoms with Gasteiger partial charge in [0.15, 0.2) is 0 Å². The van der Waals surface area contributed by atoms with Crippen molar-refractivity contribution in [3.05, 3.63) is 45.2 Å². The lowest BCUT2D eigenvalue weighted by Gasteiger charge is -2.34. The highest BCUT2D eigenvalue weighted by Gasteiger charge is 2.23. The first-order valence-corrected chi connectivity index (χ1v) is 7.96. The van der Waals surface area contributed by atoms with E-state index >= 15 is 0 Å². The number of hydrogen-bond acceptors (Lipinski definition) is 5. The van der Waals surface area contributed by atoms with Gasteiger partial charge in [-0.05, 0) is 31.7 Å². The Morgan fingerprint density at radius 2 is 2.13 bits per heavy atom. The van der Waals surface area contributed by atoms with Crippen LogP contribution in [0.15, 0.2) is 24.5 Å². The van der Waals surface area contributed by atoms with Gasteiger partial charge in [-0.3, -0.25) is 14.8 Å². The number of rotatable bonds is 4. The number of benzene rings is 1. The van der Waals surface area contributed by atoms with Crippen LogP contribution in [0, 0.1) is 23.0 Å². The average Bonchev–Trinajstić information content (AvgIpc) is 3.03. The molecule has 0 saturated carbocycles. The minimum Gasteiger partial charge on any atom is -0.370 e. The molecule has 122 valence electrons. The first-order valence-electron chi connectivity index (χ1n) is 7.58. The highest BCUT2D eigenvalue weighted by Crippen LogP contribution is 2.35. The van der Waals surface area contributed by atoms with Crippen LogP contribution in [-0.2, 0) is 6.54 Å². The molecule has 0 N–H and O–H groups in total. The van der Waals surface area contributed by atoms with E-state index in [0.29, 0.717) is 16.5 Å². The van der Waals surface area contributed by atoms with Gasteiger partial charge in [-0.2, -0.15) is 0 Å². The Labute approximate surface area is 139 Å². The largest absolute Gasteiger partial charge is 0.370 e. The van der Waals surface area contributed by atoms with Crippen molar-refractivity contribution in [2.45, 2.75) is 26.3 Å². The number of aromatic nitrogens is 3. The third kappa shape index (κ3) is 3.44. The average molecular weight is 336 g/mol. The predicted molar refractivity (Wildman–Crippen MR) is 87.8 cm³/mol. The van der Waals surface area contributed by atoms with Crippen LogP contribution in [0.5, 0.6) is 0 Å². The molecule has 1 aromatic heterocycles. The van der Waals surface area contributed by atoms with Crippen LogP contribution in [0.4, 0.5) is 11.4 Å². The van der Waals surface area contributed by atoms with E-state index in [1.165, 1.54) is 6.07 Å². The van der Waals surface area contributed by atoms with Gasteiger partial charge in [0.25, 0.3) is 5.69 Å². The summed E-state index contributed by atoms with van der Waals surface area (Å²) in [6.07, 6.45) is 5.63. The summed E-state index contributed by atoms with van der Waals surface area (Å²) in [5.74, 6) is 0.561. The molecule has 7 nitrogen and oxygen atoms in total. The summed E-state index contributed by atoms with van der Waals surface area (Å²) in [6, 6.07) is 3.27. The Balaban J connectivity index is 1.68. The van der Waals surface area contributed by atoms with Crippen LogP contribution in [-0.4, -0.2) is 33.0 Å². The smallest absolute Gasteiger partial charge is 0.273 e. The van der Waals surface area contributed by atoms with Crippen molar-refractivity contribution in [1.82, 2.24) is 15.0 Å². The number of anilines is 1. The molecule has 1 aliphatic heterocycles. The normalized spacial score (nSPS) is 15.8. The minimum absolute atomic E-state index is 0.0693. The van der Waals surface area contributed by atoms with Crippen molar-refractivity contribution >= 4 is 23.0 Å². The molecule has 0 unspecified atom stereocenters. The maximum absolute atomic E-state index is 11.0. The van der Waals surface area contributed by atoms with Gasteiger partial charge in [-0.1, -0.05) is 16.8 Å². The first kappa shape index (κ1) is 15.7. The first-order chi connectivity index (χ1) is 11.0. The number of aryl methyl sites for hydroxylation is 1. The van der Waals surface area contributed by atoms with Crippen LogP contribution in [0.25, 0.3) is 0 Å². The van der Waals surface area contributed by atoms with E-state index in [1.54, 1.807) is 13.1 Å². The molecular weight excluding hydrogens is 318 g/mol. The van der Waals surface area contributed by atoms with Crippen LogP contribution < -0.4 is 4.90 Å². The Kier molecular flexibility index (Phi) is 4.47. The molecule has 2 aromatic rings. The van der Waals surface area contributed by atoms with Gasteiger partial charge in [0, 0.05) is 37.5 Å². The van der Waals surface area contributed by atoms with Gasteiger partial charge < -0.3 is 4.90 Å². The Bertz CT molecular complexity index is 696. The molecule has 1 saturated heterocycles. The lowest BCUT2D eigenvalue weighted by molar-refractivity contribution is -0.385. The van der Waals surface area contributed by atoms with Crippen LogP contribution >= 0.6 is 11.6 Å². The number of hydrogen-bond donors (Lipinski definition) is 0. The summed E-state index contributed by atoms with van der Waals surface area (Å²) in [7, 11) is 0. The molecule has 8 heteroatoms. The molecule has 1 aromatic carbocycles. The SMILES string of the molecule is Cc1cc(N2CCC(Cn3ccnn3)CC2)c(Cl)cc1[N+](=O)[O-]. The van der Waals surface area contributed by atoms with E-state index in [1.807, 2.05) is 16.9 Å². The molecule has 0 radical (unpaired) electrons. The number of piperidine rings is 1. The van der Waals surface area contributed by atoms with Gasteiger partial charge in [0.2, 0.25) is 0 Å². The minimum atomic E-state index is -0.394. The quantitative estimate of drug-likeness (QED) is 0.634. The third-order valence-corrected chi connectivity index (χ3v) is 4.64. The van der Waals surface area contributed by atoms with Gasteiger partial charge >= 0.3 is 0 Å². The van der Waals surface area contributed by atoms with Crippen molar-refractivity contribution in [3.63, 3.8) is 0 Å². The number of nitrogens with zero attached hydrogens (tertiary/aromatic N) is 5. The molecule has 0 spiro atoms. The summed E-state index contributed by atoms with van der Waals surface area (Å²) in [5, 5.41) is 19.2. The maximum atomic E-state index is 11.0. The van der Waals surface area contributed by atoms with E-state index < -0.39 is 4.92 Å². The topological polar surface area (TPSA) is 77.1 Å². The second kappa shape index (κ2) is 6.54. The molecule has 3 rings (SSSR count). The second-order valence-electron chi connectivity index (χ2n) is 5.90. The van der Waals surface area contributed by atoms with E-state index in [-0.39, 0.29) is 5.69 Å². The molecule has 1 aliphatic rings. The Hall–Kier alpha value is -2.15. The van der Waals surface area contributed by atoms with E-state index in [9.17, 15) is 10.1 Å². The maximum Gasteiger partial charge on any atom is 0.273 e. The van der Waals surface area contributed by atoms with Crippen molar-refractivity contribution in [2.24, 2.45) is 5.92 Å². The van der Waals surface area contributed by atoms with Crippen molar-refractivity contribution in [1.29, 1.82) is 0 Å². The lowest BCUT2D eigenvalue weighted by atomic mass is 9.96. The lowest BCUT2D eigenvalue weighted by Crippen LogP contribution is -2.35. The Morgan fingerprint density at radius 3 is 2.74 bits per heavy atom. The van der Waals surface area contributed by atoms with Gasteiger partial charge in [-0.25, -0.2) is 0 Å².